The normalized spacial score (nSPS) is 15.4. The Morgan fingerprint density at radius 2 is 1.94 bits per heavy atom. The second kappa shape index (κ2) is 10.8. The van der Waals surface area contributed by atoms with Crippen molar-refractivity contribution < 1.29 is 9.53 Å². The summed E-state index contributed by atoms with van der Waals surface area (Å²) in [7, 11) is 0. The molecule has 0 radical (unpaired) electrons. The van der Waals surface area contributed by atoms with Gasteiger partial charge in [0.25, 0.3) is 0 Å². The average molecular weight is 452 g/mol. The fourth-order valence-corrected chi connectivity index (χ4v) is 4.51. The highest BCUT2D eigenvalue weighted by Gasteiger charge is 2.23. The van der Waals surface area contributed by atoms with Crippen molar-refractivity contribution in [2.45, 2.75) is 38.6 Å². The first-order chi connectivity index (χ1) is 15.6. The van der Waals surface area contributed by atoms with E-state index in [1.165, 1.54) is 24.8 Å². The number of piperidine rings is 1. The standard InChI is InChI=1S/C26H30ClN3O2/c1-19-11-12-22-23(28-19)9-6-10-25(22)32-16-13-24(30-14-3-2-4-15-30)20-7-5-8-21(17-20)29-26(31)18-27/h5-12,17,24H,2-4,13-16,18H2,1H3,(H,29,31). The van der Waals surface area contributed by atoms with Gasteiger partial charge in [-0.15, -0.1) is 11.6 Å². The van der Waals surface area contributed by atoms with E-state index in [0.29, 0.717) is 6.61 Å². The third kappa shape index (κ3) is 5.59. The summed E-state index contributed by atoms with van der Waals surface area (Å²) >= 11 is 5.66. The minimum absolute atomic E-state index is 0.0486. The number of nitrogens with zero attached hydrogens (tertiary/aromatic N) is 2. The van der Waals surface area contributed by atoms with E-state index in [0.717, 1.165) is 47.5 Å². The lowest BCUT2D eigenvalue weighted by Crippen LogP contribution is -2.34. The predicted octanol–water partition coefficient (Wildman–Crippen LogP) is 5.72. The van der Waals surface area contributed by atoms with E-state index < -0.39 is 0 Å². The van der Waals surface area contributed by atoms with Crippen molar-refractivity contribution in [3.63, 3.8) is 0 Å². The van der Waals surface area contributed by atoms with Gasteiger partial charge in [-0.3, -0.25) is 14.7 Å². The maximum absolute atomic E-state index is 11.7. The van der Waals surface area contributed by atoms with Crippen molar-refractivity contribution >= 4 is 34.1 Å². The SMILES string of the molecule is Cc1ccc2c(OCCC(c3cccc(NC(=O)CCl)c3)N3CCCCC3)cccc2n1. The number of benzene rings is 2. The van der Waals surface area contributed by atoms with Crippen LogP contribution in [0.5, 0.6) is 5.75 Å². The van der Waals surface area contributed by atoms with Gasteiger partial charge in [-0.1, -0.05) is 24.6 Å². The lowest BCUT2D eigenvalue weighted by atomic mass is 9.98. The molecule has 0 saturated carbocycles. The molecule has 1 unspecified atom stereocenters. The monoisotopic (exact) mass is 451 g/mol. The van der Waals surface area contributed by atoms with Gasteiger partial charge in [-0.05, 0) is 74.8 Å². The Bertz CT molecular complexity index is 1070. The van der Waals surface area contributed by atoms with Gasteiger partial charge in [0, 0.05) is 29.2 Å². The number of hydrogen-bond acceptors (Lipinski definition) is 4. The Morgan fingerprint density at radius 3 is 2.75 bits per heavy atom. The number of fused-ring (bicyclic) bond motifs is 1. The number of aromatic nitrogens is 1. The zero-order valence-electron chi connectivity index (χ0n) is 18.5. The molecule has 2 aromatic carbocycles. The maximum Gasteiger partial charge on any atom is 0.239 e. The molecule has 5 nitrogen and oxygen atoms in total. The molecule has 2 heterocycles. The molecule has 1 aliphatic rings. The minimum atomic E-state index is -0.193. The summed E-state index contributed by atoms with van der Waals surface area (Å²) in [5.41, 5.74) is 3.93. The number of ether oxygens (including phenoxy) is 1. The molecule has 1 N–H and O–H groups in total. The Labute approximate surface area is 194 Å². The Hall–Kier alpha value is -2.63. The summed E-state index contributed by atoms with van der Waals surface area (Å²) < 4.78 is 6.26. The van der Waals surface area contributed by atoms with Gasteiger partial charge in [0.1, 0.15) is 11.6 Å². The van der Waals surface area contributed by atoms with Crippen LogP contribution in [-0.4, -0.2) is 41.4 Å². The largest absolute Gasteiger partial charge is 0.493 e. The van der Waals surface area contributed by atoms with Crippen LogP contribution in [-0.2, 0) is 4.79 Å². The number of carbonyl (C=O) groups excluding carboxylic acids is 1. The van der Waals surface area contributed by atoms with Crippen molar-refractivity contribution in [1.29, 1.82) is 0 Å². The quantitative estimate of drug-likeness (QED) is 0.445. The highest BCUT2D eigenvalue weighted by molar-refractivity contribution is 6.29. The fourth-order valence-electron chi connectivity index (χ4n) is 4.44. The van der Waals surface area contributed by atoms with Crippen LogP contribution in [0, 0.1) is 6.92 Å². The van der Waals surface area contributed by atoms with Crippen molar-refractivity contribution in [2.24, 2.45) is 0 Å². The number of amides is 1. The van der Waals surface area contributed by atoms with Gasteiger partial charge in [0.05, 0.1) is 12.1 Å². The summed E-state index contributed by atoms with van der Waals surface area (Å²) in [4.78, 5) is 18.9. The number of pyridine rings is 1. The number of hydrogen-bond donors (Lipinski definition) is 1. The van der Waals surface area contributed by atoms with Crippen molar-refractivity contribution in [3.8, 4) is 5.75 Å². The number of rotatable bonds is 8. The minimum Gasteiger partial charge on any atom is -0.493 e. The van der Waals surface area contributed by atoms with Crippen LogP contribution in [0.2, 0.25) is 0 Å². The lowest BCUT2D eigenvalue weighted by molar-refractivity contribution is -0.113. The van der Waals surface area contributed by atoms with E-state index in [-0.39, 0.29) is 17.8 Å². The van der Waals surface area contributed by atoms with Crippen molar-refractivity contribution in [3.05, 3.63) is 65.9 Å². The van der Waals surface area contributed by atoms with Gasteiger partial charge >= 0.3 is 0 Å². The van der Waals surface area contributed by atoms with Crippen LogP contribution >= 0.6 is 11.6 Å². The first-order valence-electron chi connectivity index (χ1n) is 11.3. The number of nitrogens with one attached hydrogen (secondary N) is 1. The number of likely N-dealkylation sites (tertiary alicyclic amines) is 1. The van der Waals surface area contributed by atoms with E-state index in [2.05, 4.69) is 33.4 Å². The van der Waals surface area contributed by atoms with E-state index in [4.69, 9.17) is 16.3 Å². The molecule has 6 heteroatoms. The molecule has 1 saturated heterocycles. The molecule has 1 aromatic heterocycles. The van der Waals surface area contributed by atoms with Crippen LogP contribution in [0.25, 0.3) is 10.9 Å². The molecule has 0 aliphatic carbocycles. The Balaban J connectivity index is 1.51. The van der Waals surface area contributed by atoms with E-state index in [9.17, 15) is 4.79 Å². The first kappa shape index (κ1) is 22.6. The fraction of sp³-hybridized carbons (Fsp3) is 0.385. The third-order valence-corrected chi connectivity index (χ3v) is 6.23. The highest BCUT2D eigenvalue weighted by atomic mass is 35.5. The summed E-state index contributed by atoms with van der Waals surface area (Å²) in [6.45, 7) is 4.77. The molecule has 168 valence electrons. The van der Waals surface area contributed by atoms with Gasteiger partial charge < -0.3 is 10.1 Å². The number of anilines is 1. The number of halogens is 1. The third-order valence-electron chi connectivity index (χ3n) is 5.99. The summed E-state index contributed by atoms with van der Waals surface area (Å²) in [6.07, 6.45) is 4.58. The second-order valence-electron chi connectivity index (χ2n) is 8.33. The summed E-state index contributed by atoms with van der Waals surface area (Å²) in [5, 5.41) is 3.91. The molecule has 1 atom stereocenters. The molecule has 3 aromatic rings. The van der Waals surface area contributed by atoms with Gasteiger partial charge in [0.15, 0.2) is 0 Å². The topological polar surface area (TPSA) is 54.5 Å². The molecular weight excluding hydrogens is 422 g/mol. The zero-order valence-corrected chi connectivity index (χ0v) is 19.3. The first-order valence-corrected chi connectivity index (χ1v) is 11.9. The van der Waals surface area contributed by atoms with E-state index in [1.54, 1.807) is 0 Å². The molecule has 32 heavy (non-hydrogen) atoms. The molecule has 0 spiro atoms. The molecular formula is C26H30ClN3O2. The molecule has 1 amide bonds. The molecule has 0 bridgehead atoms. The average Bonchev–Trinajstić information content (AvgIpc) is 2.82. The number of aryl methyl sites for hydroxylation is 1. The van der Waals surface area contributed by atoms with E-state index in [1.807, 2.05) is 43.3 Å². The molecule has 4 rings (SSSR count). The zero-order chi connectivity index (χ0) is 22.3. The summed E-state index contributed by atoms with van der Waals surface area (Å²) in [6, 6.07) is 18.5. The van der Waals surface area contributed by atoms with Crippen molar-refractivity contribution in [2.75, 3.05) is 30.9 Å². The number of alkyl halides is 1. The van der Waals surface area contributed by atoms with Crippen LogP contribution in [0.3, 0.4) is 0 Å². The van der Waals surface area contributed by atoms with Crippen LogP contribution < -0.4 is 10.1 Å². The smallest absolute Gasteiger partial charge is 0.239 e. The predicted molar refractivity (Wildman–Crippen MR) is 131 cm³/mol. The molecule has 1 fully saturated rings. The second-order valence-corrected chi connectivity index (χ2v) is 8.60. The lowest BCUT2D eigenvalue weighted by Gasteiger charge is -2.35. The Morgan fingerprint density at radius 1 is 1.12 bits per heavy atom. The highest BCUT2D eigenvalue weighted by Crippen LogP contribution is 2.31. The maximum atomic E-state index is 11.7. The van der Waals surface area contributed by atoms with Crippen LogP contribution in [0.15, 0.2) is 54.6 Å². The van der Waals surface area contributed by atoms with E-state index >= 15 is 0 Å². The van der Waals surface area contributed by atoms with Crippen LogP contribution in [0.1, 0.15) is 43.0 Å². The Kier molecular flexibility index (Phi) is 7.61. The van der Waals surface area contributed by atoms with Crippen molar-refractivity contribution in [1.82, 2.24) is 9.88 Å². The van der Waals surface area contributed by atoms with Gasteiger partial charge in [-0.25, -0.2) is 0 Å². The van der Waals surface area contributed by atoms with Gasteiger partial charge in [0.2, 0.25) is 5.91 Å². The number of carbonyl (C=O) groups is 1. The van der Waals surface area contributed by atoms with Crippen LogP contribution in [0.4, 0.5) is 5.69 Å². The summed E-state index contributed by atoms with van der Waals surface area (Å²) in [5.74, 6) is 0.629. The molecule has 1 aliphatic heterocycles. The van der Waals surface area contributed by atoms with Gasteiger partial charge in [-0.2, -0.15) is 0 Å².